The zero-order chi connectivity index (χ0) is 30.2. The summed E-state index contributed by atoms with van der Waals surface area (Å²) >= 11 is 6.37. The lowest BCUT2D eigenvalue weighted by Gasteiger charge is -2.26. The zero-order valence-corrected chi connectivity index (χ0v) is 25.1. The first-order valence-corrected chi connectivity index (χ1v) is 15.1. The van der Waals surface area contributed by atoms with Crippen molar-refractivity contribution in [3.05, 3.63) is 71.3 Å². The molecule has 4 atom stereocenters. The highest BCUT2D eigenvalue weighted by atomic mass is 35.5. The molecule has 1 saturated heterocycles. The van der Waals surface area contributed by atoms with Gasteiger partial charge in [-0.2, -0.15) is 0 Å². The molecule has 0 saturated carbocycles. The van der Waals surface area contributed by atoms with Crippen LogP contribution in [0.5, 0.6) is 0 Å². The quantitative estimate of drug-likeness (QED) is 0.451. The molecule has 8 nitrogen and oxygen atoms in total. The Morgan fingerprint density at radius 3 is 2.60 bits per heavy atom. The number of hydrogen-bond donors (Lipinski definition) is 2. The number of benzene rings is 2. The highest BCUT2D eigenvalue weighted by Gasteiger charge is 2.41. The first-order chi connectivity index (χ1) is 20.2. The van der Waals surface area contributed by atoms with Gasteiger partial charge < -0.3 is 20.2 Å². The van der Waals surface area contributed by atoms with Gasteiger partial charge in [0.05, 0.1) is 0 Å². The van der Waals surface area contributed by atoms with E-state index in [4.69, 9.17) is 11.6 Å². The summed E-state index contributed by atoms with van der Waals surface area (Å²) in [6, 6.07) is 12.9. The van der Waals surface area contributed by atoms with Crippen LogP contribution in [-0.2, 0) is 14.4 Å². The molecule has 1 unspecified atom stereocenters. The number of fused-ring (bicyclic) bond motifs is 1. The summed E-state index contributed by atoms with van der Waals surface area (Å²) in [6.07, 6.45) is 8.98. The van der Waals surface area contributed by atoms with E-state index in [0.717, 1.165) is 43.2 Å². The molecule has 1 fully saturated rings. The van der Waals surface area contributed by atoms with E-state index in [1.54, 1.807) is 29.8 Å². The maximum Gasteiger partial charge on any atom is 0.326 e. The summed E-state index contributed by atoms with van der Waals surface area (Å²) in [6.45, 7) is 2.46. The van der Waals surface area contributed by atoms with Gasteiger partial charge in [0, 0.05) is 48.6 Å². The lowest BCUT2D eigenvalue weighted by Crippen LogP contribution is -2.52. The van der Waals surface area contributed by atoms with E-state index in [1.165, 1.54) is 0 Å². The third-order valence-corrected chi connectivity index (χ3v) is 8.55. The molecule has 2 aliphatic heterocycles. The molecule has 42 heavy (non-hydrogen) atoms. The Morgan fingerprint density at radius 2 is 1.83 bits per heavy atom. The minimum absolute atomic E-state index is 0.105. The predicted molar refractivity (Wildman–Crippen MR) is 163 cm³/mol. The minimum Gasteiger partial charge on any atom is -0.480 e. The molecule has 9 heteroatoms. The standard InChI is InChI=1S/C33H40ClN3O5/c1-22-12-7-5-3-4-6-8-17-29(38)37-21-23(18-28(37)31(39)35-30(22)33(41)42)20-36(2)32(40)25-14-11-13-24(19-25)26-15-9-10-16-27(26)34/h7,9-16,19,22-23,28,30H,3-6,8,17-18,20-21H2,1-2H3,(H,35,39)(H,41,42)/b12-7-/t22-,23-,28-,30?/m0/s1. The SMILES string of the molecule is C[C@H]1/C=C\CCCCCCC(=O)N2C[C@H](CN(C)C(=O)c3cccc(-c4ccccc4Cl)c3)C[C@H]2C(=O)NC1C(=O)O. The Morgan fingerprint density at radius 1 is 1.07 bits per heavy atom. The van der Waals surface area contributed by atoms with Gasteiger partial charge in [-0.3, -0.25) is 14.4 Å². The zero-order valence-electron chi connectivity index (χ0n) is 24.3. The van der Waals surface area contributed by atoms with Crippen LogP contribution >= 0.6 is 11.6 Å². The number of nitrogens with one attached hydrogen (secondary N) is 1. The second kappa shape index (κ2) is 14.5. The monoisotopic (exact) mass is 593 g/mol. The number of allylic oxidation sites excluding steroid dienone is 1. The van der Waals surface area contributed by atoms with Gasteiger partial charge in [-0.25, -0.2) is 4.79 Å². The summed E-state index contributed by atoms with van der Waals surface area (Å²) in [5.41, 5.74) is 2.19. The first-order valence-electron chi connectivity index (χ1n) is 14.8. The van der Waals surface area contributed by atoms with E-state index in [0.29, 0.717) is 36.5 Å². The van der Waals surface area contributed by atoms with Crippen LogP contribution in [0.4, 0.5) is 0 Å². The van der Waals surface area contributed by atoms with Crippen molar-refractivity contribution in [2.75, 3.05) is 20.1 Å². The highest BCUT2D eigenvalue weighted by Crippen LogP contribution is 2.29. The summed E-state index contributed by atoms with van der Waals surface area (Å²) in [5.74, 6) is -2.38. The largest absolute Gasteiger partial charge is 0.480 e. The Balaban J connectivity index is 1.49. The average molecular weight is 594 g/mol. The number of carboxylic acid groups (broad SMARTS) is 1. The third kappa shape index (κ3) is 7.79. The van der Waals surface area contributed by atoms with Crippen molar-refractivity contribution in [3.8, 4) is 11.1 Å². The van der Waals surface area contributed by atoms with Crippen molar-refractivity contribution < 1.29 is 24.3 Å². The van der Waals surface area contributed by atoms with Crippen molar-refractivity contribution >= 4 is 35.3 Å². The number of carbonyl (C=O) groups is 4. The van der Waals surface area contributed by atoms with Crippen molar-refractivity contribution in [3.63, 3.8) is 0 Å². The smallest absolute Gasteiger partial charge is 0.326 e. The minimum atomic E-state index is -1.11. The molecule has 224 valence electrons. The van der Waals surface area contributed by atoms with Gasteiger partial charge in [0.15, 0.2) is 0 Å². The van der Waals surface area contributed by atoms with Gasteiger partial charge in [-0.15, -0.1) is 0 Å². The molecule has 2 aliphatic rings. The molecule has 4 rings (SSSR count). The molecule has 2 aromatic carbocycles. The highest BCUT2D eigenvalue weighted by molar-refractivity contribution is 6.33. The van der Waals surface area contributed by atoms with Crippen LogP contribution in [0.1, 0.15) is 62.2 Å². The molecule has 2 heterocycles. The lowest BCUT2D eigenvalue weighted by atomic mass is 9.99. The second-order valence-corrected chi connectivity index (χ2v) is 11.9. The van der Waals surface area contributed by atoms with Gasteiger partial charge >= 0.3 is 5.97 Å². The number of nitrogens with zero attached hydrogens (tertiary/aromatic N) is 2. The molecule has 3 amide bonds. The Kier molecular flexibility index (Phi) is 10.8. The molecule has 2 N–H and O–H groups in total. The predicted octanol–water partition coefficient (Wildman–Crippen LogP) is 5.41. The van der Waals surface area contributed by atoms with E-state index in [9.17, 15) is 24.3 Å². The average Bonchev–Trinajstić information content (AvgIpc) is 3.40. The fourth-order valence-electron chi connectivity index (χ4n) is 5.91. The normalized spacial score (nSPS) is 24.6. The van der Waals surface area contributed by atoms with Gasteiger partial charge in [0.1, 0.15) is 12.1 Å². The van der Waals surface area contributed by atoms with Crippen LogP contribution in [-0.4, -0.2) is 70.8 Å². The Hall–Kier alpha value is -3.65. The van der Waals surface area contributed by atoms with E-state index < -0.39 is 29.9 Å². The first kappa shape index (κ1) is 31.3. The van der Waals surface area contributed by atoms with Crippen molar-refractivity contribution in [2.45, 2.75) is 64.0 Å². The van der Waals surface area contributed by atoms with Crippen molar-refractivity contribution in [1.82, 2.24) is 15.1 Å². The molecule has 0 bridgehead atoms. The molecule has 0 aliphatic carbocycles. The van der Waals surface area contributed by atoms with Crippen molar-refractivity contribution in [2.24, 2.45) is 11.8 Å². The lowest BCUT2D eigenvalue weighted by molar-refractivity contribution is -0.144. The fraction of sp³-hybridized carbons (Fsp3) is 0.455. The number of carboxylic acids is 1. The number of aliphatic carboxylic acids is 1. The maximum absolute atomic E-state index is 13.4. The van der Waals surface area contributed by atoms with Crippen LogP contribution in [0, 0.1) is 11.8 Å². The van der Waals surface area contributed by atoms with Gasteiger partial charge in [-0.1, -0.05) is 73.9 Å². The number of carbonyl (C=O) groups excluding carboxylic acids is 3. The van der Waals surface area contributed by atoms with Crippen LogP contribution in [0.2, 0.25) is 5.02 Å². The number of rotatable bonds is 5. The molecule has 0 aromatic heterocycles. The second-order valence-electron chi connectivity index (χ2n) is 11.5. The topological polar surface area (TPSA) is 107 Å². The summed E-state index contributed by atoms with van der Waals surface area (Å²) in [5, 5.41) is 13.1. The molecular weight excluding hydrogens is 554 g/mol. The maximum atomic E-state index is 13.4. The van der Waals surface area contributed by atoms with E-state index in [2.05, 4.69) is 5.32 Å². The molecular formula is C33H40ClN3O5. The van der Waals surface area contributed by atoms with Gasteiger partial charge in [-0.05, 0) is 55.4 Å². The Bertz CT molecular complexity index is 1330. The van der Waals surface area contributed by atoms with Gasteiger partial charge in [0.25, 0.3) is 5.91 Å². The Labute approximate surface area is 252 Å². The number of hydrogen-bond acceptors (Lipinski definition) is 4. The van der Waals surface area contributed by atoms with Crippen LogP contribution in [0.3, 0.4) is 0 Å². The molecule has 2 aromatic rings. The number of halogens is 1. The molecule has 0 radical (unpaired) electrons. The summed E-state index contributed by atoms with van der Waals surface area (Å²) < 4.78 is 0. The van der Waals surface area contributed by atoms with Crippen LogP contribution in [0.25, 0.3) is 11.1 Å². The number of amides is 3. The fourth-order valence-corrected chi connectivity index (χ4v) is 6.16. The third-order valence-electron chi connectivity index (χ3n) is 8.22. The molecule has 0 spiro atoms. The van der Waals surface area contributed by atoms with E-state index in [-0.39, 0.29) is 17.7 Å². The van der Waals surface area contributed by atoms with Crippen molar-refractivity contribution in [1.29, 1.82) is 0 Å². The van der Waals surface area contributed by atoms with Crippen LogP contribution in [0.15, 0.2) is 60.7 Å². The summed E-state index contributed by atoms with van der Waals surface area (Å²) in [7, 11) is 1.72. The van der Waals surface area contributed by atoms with E-state index in [1.807, 2.05) is 54.6 Å². The van der Waals surface area contributed by atoms with E-state index >= 15 is 0 Å². The van der Waals surface area contributed by atoms with Gasteiger partial charge in [0.2, 0.25) is 11.8 Å². The van der Waals surface area contributed by atoms with Crippen LogP contribution < -0.4 is 5.32 Å². The summed E-state index contributed by atoms with van der Waals surface area (Å²) in [4.78, 5) is 55.4.